The number of esters is 1. The third kappa shape index (κ3) is 3.18. The van der Waals surface area contributed by atoms with Crippen LogP contribution in [0.3, 0.4) is 0 Å². The average Bonchev–Trinajstić information content (AvgIpc) is 2.52. The molecule has 1 heterocycles. The fraction of sp³-hybridized carbons (Fsp3) is 0.933. The Hall–Kier alpha value is -0.433. The Bertz CT molecular complexity index is 356. The molecule has 0 unspecified atom stereocenters. The first-order valence-corrected chi connectivity index (χ1v) is 9.87. The second kappa shape index (κ2) is 6.36. The molecule has 2 N–H and O–H groups in total. The molecule has 124 valence electrons. The van der Waals surface area contributed by atoms with E-state index in [2.05, 4.69) is 41.5 Å². The van der Waals surface area contributed by atoms with Crippen molar-refractivity contribution in [1.82, 2.24) is 0 Å². The molecule has 0 aromatic carbocycles. The van der Waals surface area contributed by atoms with Gasteiger partial charge in [0.2, 0.25) is 8.32 Å². The minimum absolute atomic E-state index is 0.143. The molecule has 1 rings (SSSR count). The van der Waals surface area contributed by atoms with Gasteiger partial charge in [0.1, 0.15) is 6.10 Å². The molecule has 0 aromatic heterocycles. The molecule has 5 nitrogen and oxygen atoms in total. The van der Waals surface area contributed by atoms with Gasteiger partial charge in [-0.25, -0.2) is 4.79 Å². The van der Waals surface area contributed by atoms with Crippen molar-refractivity contribution in [3.05, 3.63) is 0 Å². The van der Waals surface area contributed by atoms with E-state index in [1.807, 2.05) is 0 Å². The van der Waals surface area contributed by atoms with Gasteiger partial charge in [-0.05, 0) is 23.5 Å². The molecule has 1 fully saturated rings. The fourth-order valence-electron chi connectivity index (χ4n) is 3.66. The summed E-state index contributed by atoms with van der Waals surface area (Å²) in [4.78, 5) is 11.6. The van der Waals surface area contributed by atoms with Crippen molar-refractivity contribution in [2.24, 2.45) is 0 Å². The van der Waals surface area contributed by atoms with Crippen LogP contribution < -0.4 is 0 Å². The van der Waals surface area contributed by atoms with Crippen LogP contribution in [0.5, 0.6) is 0 Å². The lowest BCUT2D eigenvalue weighted by Crippen LogP contribution is -2.51. The molecule has 1 saturated heterocycles. The lowest BCUT2D eigenvalue weighted by Gasteiger charge is -2.42. The molecule has 3 atom stereocenters. The lowest BCUT2D eigenvalue weighted by molar-refractivity contribution is -0.155. The summed E-state index contributed by atoms with van der Waals surface area (Å²) in [6.45, 7) is 14.4. The number of hydrogen-bond donors (Lipinski definition) is 2. The molecule has 6 heteroatoms. The minimum atomic E-state index is -2.08. The van der Waals surface area contributed by atoms with Crippen LogP contribution in [0, 0.1) is 0 Å². The van der Waals surface area contributed by atoms with Gasteiger partial charge in [-0.15, -0.1) is 0 Å². The first-order valence-electron chi connectivity index (χ1n) is 7.73. The van der Waals surface area contributed by atoms with Crippen LogP contribution in [0.1, 0.15) is 48.5 Å². The summed E-state index contributed by atoms with van der Waals surface area (Å²) in [6.07, 6.45) is -2.04. The van der Waals surface area contributed by atoms with Crippen LogP contribution in [0.25, 0.3) is 0 Å². The highest BCUT2D eigenvalue weighted by Crippen LogP contribution is 2.42. The van der Waals surface area contributed by atoms with E-state index >= 15 is 0 Å². The fourth-order valence-corrected chi connectivity index (χ4v) is 9.11. The molecule has 0 spiro atoms. The highest BCUT2D eigenvalue weighted by Gasteiger charge is 2.54. The number of aliphatic hydroxyl groups excluding tert-OH is 1. The SMILES string of the molecule is CC(C)[Si](OC[C@H]1OC(=O)[C@@](C)(O)[C@@H]1O)(C(C)C)C(C)C. The van der Waals surface area contributed by atoms with Gasteiger partial charge in [-0.2, -0.15) is 0 Å². The maximum absolute atomic E-state index is 11.6. The molecule has 1 aliphatic rings. The number of ether oxygens (including phenoxy) is 1. The zero-order valence-electron chi connectivity index (χ0n) is 14.2. The van der Waals surface area contributed by atoms with Crippen molar-refractivity contribution in [3.8, 4) is 0 Å². The number of rotatable bonds is 6. The third-order valence-electron chi connectivity index (χ3n) is 4.80. The van der Waals surface area contributed by atoms with Crippen LogP contribution >= 0.6 is 0 Å². The van der Waals surface area contributed by atoms with Crippen molar-refractivity contribution >= 4 is 14.3 Å². The molecule has 0 amide bonds. The number of hydrogen-bond acceptors (Lipinski definition) is 5. The molecular formula is C15H30O5Si. The third-order valence-corrected chi connectivity index (χ3v) is 10.9. The van der Waals surface area contributed by atoms with Crippen LogP contribution in [-0.4, -0.2) is 48.9 Å². The second-order valence-electron chi connectivity index (χ2n) is 7.16. The van der Waals surface area contributed by atoms with Crippen LogP contribution in [-0.2, 0) is 14.0 Å². The summed E-state index contributed by atoms with van der Waals surface area (Å²) in [7, 11) is -2.08. The van der Waals surface area contributed by atoms with Gasteiger partial charge in [-0.3, -0.25) is 0 Å². The quantitative estimate of drug-likeness (QED) is 0.580. The van der Waals surface area contributed by atoms with Gasteiger partial charge >= 0.3 is 5.97 Å². The van der Waals surface area contributed by atoms with Gasteiger partial charge in [0.25, 0.3) is 0 Å². The summed E-state index contributed by atoms with van der Waals surface area (Å²) in [5, 5.41) is 19.9. The Morgan fingerprint density at radius 1 is 1.19 bits per heavy atom. The van der Waals surface area contributed by atoms with E-state index in [0.717, 1.165) is 0 Å². The largest absolute Gasteiger partial charge is 0.455 e. The predicted molar refractivity (Wildman–Crippen MR) is 83.5 cm³/mol. The highest BCUT2D eigenvalue weighted by atomic mass is 28.4. The summed E-state index contributed by atoms with van der Waals surface area (Å²) >= 11 is 0. The summed E-state index contributed by atoms with van der Waals surface area (Å²) < 4.78 is 11.4. The van der Waals surface area contributed by atoms with Crippen molar-refractivity contribution in [1.29, 1.82) is 0 Å². The van der Waals surface area contributed by atoms with Crippen LogP contribution in [0.15, 0.2) is 0 Å². The predicted octanol–water partition coefficient (Wildman–Crippen LogP) is 2.22. The average molecular weight is 318 g/mol. The molecule has 21 heavy (non-hydrogen) atoms. The zero-order valence-corrected chi connectivity index (χ0v) is 15.2. The smallest absolute Gasteiger partial charge is 0.341 e. The standard InChI is InChI=1S/C15H30O5Si/c1-9(2)21(10(3)4,11(5)6)19-8-12-13(16)15(7,18)14(17)20-12/h9-13,16,18H,8H2,1-7H3/t12-,13-,15+/m1/s1. The molecule has 1 aliphatic heterocycles. The maximum atomic E-state index is 11.6. The Morgan fingerprint density at radius 3 is 1.90 bits per heavy atom. The zero-order chi connectivity index (χ0) is 16.6. The van der Waals surface area contributed by atoms with E-state index < -0.39 is 32.1 Å². The molecule has 0 aliphatic carbocycles. The molecule has 0 aromatic rings. The minimum Gasteiger partial charge on any atom is -0.455 e. The summed E-state index contributed by atoms with van der Waals surface area (Å²) in [6, 6.07) is 0. The van der Waals surface area contributed by atoms with E-state index in [1.54, 1.807) is 0 Å². The van der Waals surface area contributed by atoms with Crippen molar-refractivity contribution in [3.63, 3.8) is 0 Å². The Kier molecular flexibility index (Phi) is 5.64. The van der Waals surface area contributed by atoms with Gasteiger partial charge in [0.05, 0.1) is 6.61 Å². The molecular weight excluding hydrogens is 288 g/mol. The van der Waals surface area contributed by atoms with Crippen molar-refractivity contribution < 1.29 is 24.2 Å². The van der Waals surface area contributed by atoms with Crippen molar-refractivity contribution in [2.45, 2.75) is 82.9 Å². The van der Waals surface area contributed by atoms with Crippen molar-refractivity contribution in [2.75, 3.05) is 6.61 Å². The van der Waals surface area contributed by atoms with Crippen LogP contribution in [0.2, 0.25) is 16.6 Å². The molecule has 0 saturated carbocycles. The molecule has 0 radical (unpaired) electrons. The highest BCUT2D eigenvalue weighted by molar-refractivity contribution is 6.77. The number of cyclic esters (lactones) is 1. The van der Waals surface area contributed by atoms with E-state index in [9.17, 15) is 15.0 Å². The first kappa shape index (κ1) is 18.6. The first-order chi connectivity index (χ1) is 9.47. The second-order valence-corrected chi connectivity index (χ2v) is 12.6. The topological polar surface area (TPSA) is 76.0 Å². The van der Waals surface area contributed by atoms with E-state index in [4.69, 9.17) is 9.16 Å². The van der Waals surface area contributed by atoms with Gasteiger partial charge < -0.3 is 19.4 Å². The Balaban J connectivity index is 2.87. The van der Waals surface area contributed by atoms with Gasteiger partial charge in [0, 0.05) is 0 Å². The molecule has 0 bridgehead atoms. The van der Waals surface area contributed by atoms with E-state index in [0.29, 0.717) is 16.6 Å². The summed E-state index contributed by atoms with van der Waals surface area (Å²) in [5.74, 6) is -0.783. The van der Waals surface area contributed by atoms with Gasteiger partial charge in [0.15, 0.2) is 11.7 Å². The Labute approximate surface area is 128 Å². The van der Waals surface area contributed by atoms with Crippen LogP contribution in [0.4, 0.5) is 0 Å². The monoisotopic (exact) mass is 318 g/mol. The lowest BCUT2D eigenvalue weighted by atomic mass is 9.99. The number of carbonyl (C=O) groups excluding carboxylic acids is 1. The number of carbonyl (C=O) groups is 1. The van der Waals surface area contributed by atoms with E-state index in [1.165, 1.54) is 6.92 Å². The normalized spacial score (nSPS) is 30.6. The number of aliphatic hydroxyl groups is 2. The van der Waals surface area contributed by atoms with E-state index in [-0.39, 0.29) is 6.61 Å². The van der Waals surface area contributed by atoms with Gasteiger partial charge in [-0.1, -0.05) is 41.5 Å². The Morgan fingerprint density at radius 2 is 1.62 bits per heavy atom. The maximum Gasteiger partial charge on any atom is 0.341 e. The summed E-state index contributed by atoms with van der Waals surface area (Å²) in [5.41, 5.74) is -0.613.